The van der Waals surface area contributed by atoms with Crippen LogP contribution in [0.25, 0.3) is 0 Å². The summed E-state index contributed by atoms with van der Waals surface area (Å²) < 4.78 is 5.78. The largest absolute Gasteiger partial charge is 0.761 e. The Morgan fingerprint density at radius 1 is 1.19 bits per heavy atom. The Labute approximate surface area is 157 Å². The van der Waals surface area contributed by atoms with E-state index in [0.29, 0.717) is 23.8 Å². The summed E-state index contributed by atoms with van der Waals surface area (Å²) in [5.74, 6) is 0.254. The van der Waals surface area contributed by atoms with E-state index in [0.717, 1.165) is 12.8 Å². The van der Waals surface area contributed by atoms with Crippen molar-refractivity contribution in [3.05, 3.63) is 35.0 Å². The van der Waals surface area contributed by atoms with E-state index in [9.17, 15) is 10.0 Å². The second kappa shape index (κ2) is 8.54. The van der Waals surface area contributed by atoms with Crippen molar-refractivity contribution in [3.8, 4) is 5.88 Å². The fraction of sp³-hybridized carbons (Fsp3) is 0.389. The number of aromatic nitrogens is 2. The smallest absolute Gasteiger partial charge is 0.248 e. The number of hydrogen-bond acceptors (Lipinski definition) is 8. The molecule has 6 N–H and O–H groups in total. The Bertz CT molecular complexity index is 790. The van der Waals surface area contributed by atoms with Crippen molar-refractivity contribution in [2.75, 3.05) is 23.1 Å². The van der Waals surface area contributed by atoms with Crippen LogP contribution in [-0.2, 0) is 0 Å². The number of amides is 1. The number of nitrogens with one attached hydrogen (secondary N) is 2. The number of rotatable bonds is 7. The van der Waals surface area contributed by atoms with Gasteiger partial charge in [-0.25, -0.2) is 0 Å². The third-order valence-electron chi connectivity index (χ3n) is 4.61. The first-order valence-electron chi connectivity index (χ1n) is 8.92. The van der Waals surface area contributed by atoms with Gasteiger partial charge in [-0.2, -0.15) is 9.97 Å². The highest BCUT2D eigenvalue weighted by atomic mass is 16.5. The number of nitrogen functional groups attached to an aromatic ring is 1. The fourth-order valence-corrected chi connectivity index (χ4v) is 3.11. The van der Waals surface area contributed by atoms with Crippen LogP contribution in [0.2, 0.25) is 0 Å². The molecule has 27 heavy (non-hydrogen) atoms. The molecule has 1 aliphatic rings. The molecular weight excluding hydrogens is 348 g/mol. The number of benzene rings is 1. The molecule has 1 amide bonds. The number of hydrogen-bond donors (Lipinski definition) is 4. The number of carbonyl (C=O) groups is 1. The quantitative estimate of drug-likeness (QED) is 0.542. The average molecular weight is 371 g/mol. The van der Waals surface area contributed by atoms with Gasteiger partial charge in [0.25, 0.3) is 0 Å². The number of primary amides is 1. The normalized spacial score (nSPS) is 14.6. The van der Waals surface area contributed by atoms with Crippen LogP contribution in [0.3, 0.4) is 0 Å². The van der Waals surface area contributed by atoms with E-state index in [2.05, 4.69) is 15.3 Å². The Kier molecular flexibility index (Phi) is 5.92. The zero-order chi connectivity index (χ0) is 19.2. The zero-order valence-corrected chi connectivity index (χ0v) is 14.9. The molecule has 0 radical (unpaired) electrons. The summed E-state index contributed by atoms with van der Waals surface area (Å²) in [6.45, 7) is 0.484. The third-order valence-corrected chi connectivity index (χ3v) is 4.61. The minimum atomic E-state index is -0.508. The van der Waals surface area contributed by atoms with E-state index in [1.165, 1.54) is 19.3 Å². The minimum Gasteiger partial charge on any atom is -0.761 e. The molecule has 1 saturated carbocycles. The predicted octanol–water partition coefficient (Wildman–Crippen LogP) is 2.77. The number of nitrogens with two attached hydrogens (primary N) is 2. The maximum Gasteiger partial charge on any atom is 0.248 e. The van der Waals surface area contributed by atoms with Gasteiger partial charge < -0.3 is 32.2 Å². The summed E-state index contributed by atoms with van der Waals surface area (Å²) in [5, 5.41) is 14.2. The summed E-state index contributed by atoms with van der Waals surface area (Å²) in [6, 6.07) is 6.51. The predicted molar refractivity (Wildman–Crippen MR) is 104 cm³/mol. The van der Waals surface area contributed by atoms with Crippen molar-refractivity contribution in [2.45, 2.75) is 32.1 Å². The topological polar surface area (TPSA) is 151 Å². The molecule has 0 spiro atoms. The molecule has 1 aliphatic carbocycles. The van der Waals surface area contributed by atoms with Crippen LogP contribution < -0.4 is 27.0 Å². The van der Waals surface area contributed by atoms with Gasteiger partial charge in [0, 0.05) is 11.3 Å². The molecular formula is C18H23N6O3-. The second-order valence-electron chi connectivity index (χ2n) is 6.60. The Balaban J connectivity index is 1.75. The van der Waals surface area contributed by atoms with Gasteiger partial charge in [-0.1, -0.05) is 19.3 Å². The summed E-state index contributed by atoms with van der Waals surface area (Å²) in [7, 11) is 0. The monoisotopic (exact) mass is 371 g/mol. The molecule has 1 aromatic heterocycles. The van der Waals surface area contributed by atoms with E-state index in [-0.39, 0.29) is 23.3 Å². The maximum atomic E-state index is 11.2. The van der Waals surface area contributed by atoms with Gasteiger partial charge in [-0.15, -0.1) is 0 Å². The van der Waals surface area contributed by atoms with Gasteiger partial charge in [0.05, 0.1) is 6.61 Å². The van der Waals surface area contributed by atoms with Gasteiger partial charge in [-0.3, -0.25) is 4.79 Å². The Morgan fingerprint density at radius 3 is 2.52 bits per heavy atom. The average Bonchev–Trinajstić information content (AvgIpc) is 2.67. The van der Waals surface area contributed by atoms with Gasteiger partial charge in [0.1, 0.15) is 5.69 Å². The van der Waals surface area contributed by atoms with Gasteiger partial charge in [0.15, 0.2) is 5.82 Å². The van der Waals surface area contributed by atoms with Crippen molar-refractivity contribution in [2.24, 2.45) is 11.7 Å². The molecule has 0 unspecified atom stereocenters. The summed E-state index contributed by atoms with van der Waals surface area (Å²) in [4.78, 5) is 19.5. The summed E-state index contributed by atoms with van der Waals surface area (Å²) in [5.41, 5.74) is 13.9. The van der Waals surface area contributed by atoms with Crippen LogP contribution in [0.15, 0.2) is 24.3 Å². The first kappa shape index (κ1) is 18.7. The maximum absolute atomic E-state index is 11.2. The summed E-state index contributed by atoms with van der Waals surface area (Å²) in [6.07, 6.45) is 5.87. The van der Waals surface area contributed by atoms with E-state index >= 15 is 0 Å². The molecule has 9 nitrogen and oxygen atoms in total. The van der Waals surface area contributed by atoms with E-state index in [1.807, 2.05) is 0 Å². The lowest BCUT2D eigenvalue weighted by molar-refractivity contribution is 0.100. The van der Waals surface area contributed by atoms with E-state index in [4.69, 9.17) is 16.2 Å². The van der Waals surface area contributed by atoms with Gasteiger partial charge in [-0.05, 0) is 43.0 Å². The van der Waals surface area contributed by atoms with Gasteiger partial charge >= 0.3 is 0 Å². The molecule has 2 aromatic rings. The number of anilines is 4. The standard InChI is InChI=1S/C18H23N6O3/c19-15-14(24-26)17(27-10-11-4-2-1-3-5-11)23-18(22-15)21-13-8-6-12(7-9-13)16(20)25/h6-9,11,24H,1-5,10H2,(H2,20,25)(H3,19,21,22,23)/q-1. The lowest BCUT2D eigenvalue weighted by Crippen LogP contribution is -2.17. The highest BCUT2D eigenvalue weighted by molar-refractivity contribution is 5.93. The van der Waals surface area contributed by atoms with Crippen LogP contribution in [0.1, 0.15) is 42.5 Å². The Hall–Kier alpha value is -3.07. The lowest BCUT2D eigenvalue weighted by atomic mass is 9.90. The lowest BCUT2D eigenvalue weighted by Gasteiger charge is -2.23. The minimum absolute atomic E-state index is 0.00472. The molecule has 1 fully saturated rings. The molecule has 0 atom stereocenters. The van der Waals surface area contributed by atoms with Crippen LogP contribution >= 0.6 is 0 Å². The van der Waals surface area contributed by atoms with Crippen LogP contribution in [0.4, 0.5) is 23.1 Å². The third kappa shape index (κ3) is 4.76. The van der Waals surface area contributed by atoms with Crippen molar-refractivity contribution < 1.29 is 9.53 Å². The number of ether oxygens (including phenoxy) is 1. The highest BCUT2D eigenvalue weighted by Gasteiger charge is 2.17. The molecule has 144 valence electrons. The van der Waals surface area contributed by atoms with Crippen LogP contribution in [-0.4, -0.2) is 22.5 Å². The fourth-order valence-electron chi connectivity index (χ4n) is 3.11. The zero-order valence-electron chi connectivity index (χ0n) is 14.9. The van der Waals surface area contributed by atoms with Crippen molar-refractivity contribution in [1.82, 2.24) is 9.97 Å². The second-order valence-corrected chi connectivity index (χ2v) is 6.60. The highest BCUT2D eigenvalue weighted by Crippen LogP contribution is 2.31. The molecule has 1 heterocycles. The van der Waals surface area contributed by atoms with E-state index < -0.39 is 5.91 Å². The number of carbonyl (C=O) groups excluding carboxylic acids is 1. The molecule has 3 rings (SSSR count). The van der Waals surface area contributed by atoms with Crippen molar-refractivity contribution in [1.29, 1.82) is 0 Å². The first-order chi connectivity index (χ1) is 13.1. The molecule has 1 aromatic carbocycles. The first-order valence-corrected chi connectivity index (χ1v) is 8.92. The van der Waals surface area contributed by atoms with E-state index in [1.54, 1.807) is 29.7 Å². The Morgan fingerprint density at radius 2 is 1.89 bits per heavy atom. The molecule has 0 aliphatic heterocycles. The summed E-state index contributed by atoms with van der Waals surface area (Å²) >= 11 is 0. The SMILES string of the molecule is NC(=O)c1ccc(Nc2nc(N)c(N[O-])c(OCC3CCCCC3)n2)cc1. The van der Waals surface area contributed by atoms with Gasteiger partial charge in [0.2, 0.25) is 17.7 Å². The van der Waals surface area contributed by atoms with Crippen LogP contribution in [0, 0.1) is 11.1 Å². The molecule has 0 saturated heterocycles. The van der Waals surface area contributed by atoms with Crippen molar-refractivity contribution in [3.63, 3.8) is 0 Å². The van der Waals surface area contributed by atoms with Crippen molar-refractivity contribution >= 4 is 29.0 Å². The van der Waals surface area contributed by atoms with Crippen LogP contribution in [0.5, 0.6) is 5.88 Å². The number of nitrogens with zero attached hydrogens (tertiary/aromatic N) is 2. The molecule has 0 bridgehead atoms. The molecule has 9 heteroatoms.